The predicted molar refractivity (Wildman–Crippen MR) is 102 cm³/mol. The Kier molecular flexibility index (Phi) is 4.89. The summed E-state index contributed by atoms with van der Waals surface area (Å²) >= 11 is 0. The van der Waals surface area contributed by atoms with Gasteiger partial charge in [-0.25, -0.2) is 0 Å². The number of aryl methyl sites for hydroxylation is 1. The Morgan fingerprint density at radius 1 is 1.19 bits per heavy atom. The van der Waals surface area contributed by atoms with Crippen LogP contribution in [0.15, 0.2) is 24.3 Å². The van der Waals surface area contributed by atoms with Crippen molar-refractivity contribution >= 4 is 23.4 Å². The number of nitrogens with zero attached hydrogens (tertiary/aromatic N) is 1. The van der Waals surface area contributed by atoms with Crippen molar-refractivity contribution in [3.05, 3.63) is 29.8 Å². The zero-order chi connectivity index (χ0) is 19.0. The van der Waals surface area contributed by atoms with Gasteiger partial charge in [-0.3, -0.25) is 14.4 Å². The number of carbonyl (C=O) groups excluding carboxylic acids is 3. The first-order chi connectivity index (χ1) is 13.0. The molecule has 6 heteroatoms. The fourth-order valence-electron chi connectivity index (χ4n) is 4.41. The van der Waals surface area contributed by atoms with Crippen molar-refractivity contribution in [2.75, 3.05) is 5.32 Å². The molecule has 2 N–H and O–H groups in total. The second-order valence-corrected chi connectivity index (χ2v) is 8.12. The molecule has 0 aromatic heterocycles. The summed E-state index contributed by atoms with van der Waals surface area (Å²) in [5.74, 6) is -0.314. The van der Waals surface area contributed by atoms with E-state index < -0.39 is 6.04 Å². The fraction of sp³-hybridized carbons (Fsp3) is 0.571. The molecule has 2 saturated carbocycles. The van der Waals surface area contributed by atoms with Gasteiger partial charge in [0.05, 0.1) is 12.5 Å². The van der Waals surface area contributed by atoms with E-state index in [4.69, 9.17) is 0 Å². The largest absolute Gasteiger partial charge is 0.349 e. The maximum atomic E-state index is 13.0. The molecule has 27 heavy (non-hydrogen) atoms. The van der Waals surface area contributed by atoms with E-state index in [1.54, 1.807) is 4.90 Å². The maximum Gasteiger partial charge on any atom is 0.243 e. The Hall–Kier alpha value is -2.37. The highest BCUT2D eigenvalue weighted by molar-refractivity contribution is 5.98. The topological polar surface area (TPSA) is 78.5 Å². The first-order valence-electron chi connectivity index (χ1n) is 10.0. The zero-order valence-corrected chi connectivity index (χ0v) is 15.7. The van der Waals surface area contributed by atoms with Crippen molar-refractivity contribution in [2.24, 2.45) is 5.92 Å². The standard InChI is InChI=1S/C21H27N3O3/c1-13-5-4-6-15(11-13)22-19(25)12-18-20(26)23-16-7-2-3-8-17(16)24(18)21(27)14-9-10-14/h4-6,11,14,16-18H,2-3,7-10,12H2,1H3,(H,22,25)(H,23,26)/t16-,17-,18+/m0/s1. The van der Waals surface area contributed by atoms with Crippen LogP contribution < -0.4 is 10.6 Å². The van der Waals surface area contributed by atoms with Crippen molar-refractivity contribution in [3.8, 4) is 0 Å². The molecule has 0 unspecified atom stereocenters. The molecule has 0 bridgehead atoms. The Balaban J connectivity index is 1.52. The lowest BCUT2D eigenvalue weighted by Crippen LogP contribution is -2.68. The van der Waals surface area contributed by atoms with Crippen molar-refractivity contribution in [2.45, 2.75) is 70.0 Å². The number of amides is 3. The third-order valence-electron chi connectivity index (χ3n) is 5.91. The molecule has 1 aromatic carbocycles. The average molecular weight is 369 g/mol. The molecule has 6 nitrogen and oxygen atoms in total. The summed E-state index contributed by atoms with van der Waals surface area (Å²) in [6.45, 7) is 1.96. The van der Waals surface area contributed by atoms with E-state index in [1.807, 2.05) is 31.2 Å². The van der Waals surface area contributed by atoms with Gasteiger partial charge in [-0.2, -0.15) is 0 Å². The Labute approximate surface area is 159 Å². The Morgan fingerprint density at radius 3 is 2.70 bits per heavy atom. The summed E-state index contributed by atoms with van der Waals surface area (Å²) in [6.07, 6.45) is 5.75. The molecule has 3 aliphatic rings. The first-order valence-corrected chi connectivity index (χ1v) is 10.0. The normalized spacial score (nSPS) is 27.5. The Morgan fingerprint density at radius 2 is 1.96 bits per heavy atom. The summed E-state index contributed by atoms with van der Waals surface area (Å²) in [5.41, 5.74) is 1.77. The highest BCUT2D eigenvalue weighted by Crippen LogP contribution is 2.37. The molecule has 0 spiro atoms. The smallest absolute Gasteiger partial charge is 0.243 e. The molecule has 2 aliphatic carbocycles. The third kappa shape index (κ3) is 3.84. The number of benzene rings is 1. The number of anilines is 1. The van der Waals surface area contributed by atoms with E-state index in [0.29, 0.717) is 5.69 Å². The molecular formula is C21H27N3O3. The fourth-order valence-corrected chi connectivity index (χ4v) is 4.41. The van der Waals surface area contributed by atoms with Crippen LogP contribution >= 0.6 is 0 Å². The van der Waals surface area contributed by atoms with Crippen molar-refractivity contribution in [1.29, 1.82) is 0 Å². The van der Waals surface area contributed by atoms with Gasteiger partial charge in [0.2, 0.25) is 17.7 Å². The lowest BCUT2D eigenvalue weighted by atomic mass is 9.85. The van der Waals surface area contributed by atoms with Crippen LogP contribution in [0.4, 0.5) is 5.69 Å². The molecule has 1 saturated heterocycles. The lowest BCUT2D eigenvalue weighted by molar-refractivity contribution is -0.152. The molecule has 144 valence electrons. The maximum absolute atomic E-state index is 13.0. The number of hydrogen-bond acceptors (Lipinski definition) is 3. The molecule has 1 heterocycles. The number of fused-ring (bicyclic) bond motifs is 1. The number of nitrogens with one attached hydrogen (secondary N) is 2. The summed E-state index contributed by atoms with van der Waals surface area (Å²) in [7, 11) is 0. The molecular weight excluding hydrogens is 342 g/mol. The van der Waals surface area contributed by atoms with Crippen LogP contribution in [0.3, 0.4) is 0 Å². The summed E-state index contributed by atoms with van der Waals surface area (Å²) in [5, 5.41) is 5.95. The molecule has 0 radical (unpaired) electrons. The molecule has 1 aromatic rings. The molecule has 4 rings (SSSR count). The summed E-state index contributed by atoms with van der Waals surface area (Å²) in [6, 6.07) is 6.92. The van der Waals surface area contributed by atoms with Crippen LogP contribution in [0, 0.1) is 12.8 Å². The quantitative estimate of drug-likeness (QED) is 0.855. The molecule has 3 fully saturated rings. The van der Waals surface area contributed by atoms with Gasteiger partial charge in [0.15, 0.2) is 0 Å². The van der Waals surface area contributed by atoms with E-state index in [1.165, 1.54) is 0 Å². The number of carbonyl (C=O) groups is 3. The predicted octanol–water partition coefficient (Wildman–Crippen LogP) is 2.37. The number of rotatable bonds is 4. The lowest BCUT2D eigenvalue weighted by Gasteiger charge is -2.48. The van der Waals surface area contributed by atoms with Crippen LogP contribution in [0.1, 0.15) is 50.5 Å². The first kappa shape index (κ1) is 18.0. The van der Waals surface area contributed by atoms with Gasteiger partial charge in [0.25, 0.3) is 0 Å². The van der Waals surface area contributed by atoms with Gasteiger partial charge in [-0.1, -0.05) is 25.0 Å². The minimum Gasteiger partial charge on any atom is -0.349 e. The summed E-state index contributed by atoms with van der Waals surface area (Å²) in [4.78, 5) is 40.1. The van der Waals surface area contributed by atoms with Crippen LogP contribution in [0.5, 0.6) is 0 Å². The molecule has 3 amide bonds. The minimum atomic E-state index is -0.706. The molecule has 3 atom stereocenters. The van der Waals surface area contributed by atoms with E-state index in [0.717, 1.165) is 44.1 Å². The highest BCUT2D eigenvalue weighted by Gasteiger charge is 2.48. The van der Waals surface area contributed by atoms with Crippen LogP contribution in [0.2, 0.25) is 0 Å². The van der Waals surface area contributed by atoms with Gasteiger partial charge in [0, 0.05) is 17.6 Å². The van der Waals surface area contributed by atoms with E-state index in [-0.39, 0.29) is 42.1 Å². The van der Waals surface area contributed by atoms with E-state index in [9.17, 15) is 14.4 Å². The van der Waals surface area contributed by atoms with Gasteiger partial charge >= 0.3 is 0 Å². The van der Waals surface area contributed by atoms with Crippen molar-refractivity contribution < 1.29 is 14.4 Å². The molecule has 1 aliphatic heterocycles. The minimum absolute atomic E-state index is 0.00144. The SMILES string of the molecule is Cc1cccc(NC(=O)C[C@@H]2C(=O)N[C@H]3CCCC[C@@H]3N2C(=O)C2CC2)c1. The van der Waals surface area contributed by atoms with Crippen LogP contribution in [-0.4, -0.2) is 40.7 Å². The summed E-state index contributed by atoms with van der Waals surface area (Å²) < 4.78 is 0. The number of piperazine rings is 1. The van der Waals surface area contributed by atoms with Gasteiger partial charge < -0.3 is 15.5 Å². The zero-order valence-electron chi connectivity index (χ0n) is 15.7. The van der Waals surface area contributed by atoms with Crippen molar-refractivity contribution in [3.63, 3.8) is 0 Å². The van der Waals surface area contributed by atoms with Gasteiger partial charge in [0.1, 0.15) is 6.04 Å². The van der Waals surface area contributed by atoms with Gasteiger partial charge in [-0.15, -0.1) is 0 Å². The Bertz CT molecular complexity index is 759. The second kappa shape index (κ2) is 7.33. The highest BCUT2D eigenvalue weighted by atomic mass is 16.2. The van der Waals surface area contributed by atoms with E-state index >= 15 is 0 Å². The second-order valence-electron chi connectivity index (χ2n) is 8.12. The van der Waals surface area contributed by atoms with Crippen LogP contribution in [0.25, 0.3) is 0 Å². The average Bonchev–Trinajstić information content (AvgIpc) is 3.47. The van der Waals surface area contributed by atoms with Gasteiger partial charge in [-0.05, 0) is 50.3 Å². The number of hydrogen-bond donors (Lipinski definition) is 2. The monoisotopic (exact) mass is 369 g/mol. The van der Waals surface area contributed by atoms with Crippen LogP contribution in [-0.2, 0) is 14.4 Å². The van der Waals surface area contributed by atoms with Crippen molar-refractivity contribution in [1.82, 2.24) is 10.2 Å². The van der Waals surface area contributed by atoms with E-state index in [2.05, 4.69) is 10.6 Å². The third-order valence-corrected chi connectivity index (χ3v) is 5.91.